The van der Waals surface area contributed by atoms with Gasteiger partial charge in [-0.15, -0.1) is 0 Å². The van der Waals surface area contributed by atoms with Gasteiger partial charge in [0.05, 0.1) is 12.8 Å². The average Bonchev–Trinajstić information content (AvgIpc) is 3.45. The van der Waals surface area contributed by atoms with Gasteiger partial charge in [0.2, 0.25) is 5.91 Å². The Kier molecular flexibility index (Phi) is 6.44. The van der Waals surface area contributed by atoms with Crippen molar-refractivity contribution < 1.29 is 23.5 Å². The number of aryl methyl sites for hydroxylation is 1. The summed E-state index contributed by atoms with van der Waals surface area (Å²) in [5.41, 5.74) is 3.10. The highest BCUT2D eigenvalue weighted by Gasteiger charge is 2.46. The zero-order valence-corrected chi connectivity index (χ0v) is 18.4. The minimum atomic E-state index is -0.852. The molecule has 8 heteroatoms. The summed E-state index contributed by atoms with van der Waals surface area (Å²) in [5.74, 6) is -0.524. The van der Waals surface area contributed by atoms with Gasteiger partial charge in [-0.25, -0.2) is 4.79 Å². The van der Waals surface area contributed by atoms with Gasteiger partial charge in [-0.3, -0.25) is 14.5 Å². The number of amides is 3. The van der Waals surface area contributed by atoms with Gasteiger partial charge in [-0.05, 0) is 49.2 Å². The third kappa shape index (κ3) is 4.90. The predicted molar refractivity (Wildman–Crippen MR) is 122 cm³/mol. The number of likely N-dealkylation sites (N-methyl/N-ethyl adjacent to an activating group) is 1. The molecule has 170 valence electrons. The van der Waals surface area contributed by atoms with E-state index in [9.17, 15) is 14.4 Å². The molecule has 2 unspecified atom stereocenters. The van der Waals surface area contributed by atoms with Crippen LogP contribution < -0.4 is 10.6 Å². The predicted octanol–water partition coefficient (Wildman–Crippen LogP) is 4.04. The lowest BCUT2D eigenvalue weighted by molar-refractivity contribution is -0.126. The maximum Gasteiger partial charge on any atom is 0.411 e. The first-order valence-electron chi connectivity index (χ1n) is 10.7. The van der Waals surface area contributed by atoms with Crippen LogP contribution in [0.15, 0.2) is 71.3 Å². The molecule has 0 spiro atoms. The van der Waals surface area contributed by atoms with Gasteiger partial charge in [0.1, 0.15) is 0 Å². The Bertz CT molecular complexity index is 1140. The molecule has 2 atom stereocenters. The summed E-state index contributed by atoms with van der Waals surface area (Å²) in [7, 11) is 0. The van der Waals surface area contributed by atoms with E-state index in [2.05, 4.69) is 10.6 Å². The molecule has 33 heavy (non-hydrogen) atoms. The Hall–Kier alpha value is -4.07. The van der Waals surface area contributed by atoms with Crippen LogP contribution in [0, 0.1) is 6.92 Å². The van der Waals surface area contributed by atoms with E-state index in [-0.39, 0.29) is 18.2 Å². The quantitative estimate of drug-likeness (QED) is 0.569. The molecule has 1 aliphatic heterocycles. The van der Waals surface area contributed by atoms with Crippen LogP contribution in [0.4, 0.5) is 10.5 Å². The fraction of sp³-hybridized carbons (Fsp3) is 0.240. The molecule has 1 aliphatic rings. The number of benzene rings is 2. The van der Waals surface area contributed by atoms with Gasteiger partial charge < -0.3 is 19.8 Å². The van der Waals surface area contributed by atoms with E-state index in [4.69, 9.17) is 9.15 Å². The Labute approximate surface area is 191 Å². The van der Waals surface area contributed by atoms with Gasteiger partial charge in [-0.2, -0.15) is 0 Å². The molecule has 2 heterocycles. The second kappa shape index (κ2) is 9.60. The lowest BCUT2D eigenvalue weighted by atomic mass is 10.00. The smallest absolute Gasteiger partial charge is 0.411 e. The molecule has 3 amide bonds. The third-order valence-electron chi connectivity index (χ3n) is 5.40. The van der Waals surface area contributed by atoms with Crippen LogP contribution in [0.25, 0.3) is 0 Å². The number of cyclic esters (lactones) is 1. The van der Waals surface area contributed by atoms with Crippen LogP contribution in [0.5, 0.6) is 0 Å². The van der Waals surface area contributed by atoms with E-state index >= 15 is 0 Å². The summed E-state index contributed by atoms with van der Waals surface area (Å²) in [4.78, 5) is 39.6. The van der Waals surface area contributed by atoms with Crippen molar-refractivity contribution in [3.8, 4) is 0 Å². The second-order valence-electron chi connectivity index (χ2n) is 7.81. The van der Waals surface area contributed by atoms with Gasteiger partial charge in [0.15, 0.2) is 17.9 Å². The first-order valence-corrected chi connectivity index (χ1v) is 10.7. The van der Waals surface area contributed by atoms with Gasteiger partial charge in [-0.1, -0.05) is 42.0 Å². The van der Waals surface area contributed by atoms with Crippen LogP contribution in [-0.2, 0) is 16.1 Å². The standard InChI is InChI=1S/C25H25N3O5/c1-3-26-24(30)21-22(33-25(31)28(21)15-17-11-9-16(2)10-12-17)18-6-4-7-19(14-18)27-23(29)20-8-5-13-32-20/h4-14,21-22H,3,15H2,1-2H3,(H,26,30)(H,27,29). The first-order chi connectivity index (χ1) is 16.0. The molecule has 1 fully saturated rings. The van der Waals surface area contributed by atoms with Gasteiger partial charge in [0.25, 0.3) is 5.91 Å². The average molecular weight is 447 g/mol. The minimum Gasteiger partial charge on any atom is -0.459 e. The van der Waals surface area contributed by atoms with Crippen LogP contribution in [-0.4, -0.2) is 35.4 Å². The summed E-state index contributed by atoms with van der Waals surface area (Å²) in [5, 5.41) is 5.56. The molecule has 2 aromatic carbocycles. The SMILES string of the molecule is CCNC(=O)C1C(c2cccc(NC(=O)c3ccco3)c2)OC(=O)N1Cc1ccc(C)cc1. The Morgan fingerprint density at radius 3 is 2.55 bits per heavy atom. The summed E-state index contributed by atoms with van der Waals surface area (Å²) in [6, 6.07) is 17.0. The number of hydrogen-bond donors (Lipinski definition) is 2. The summed E-state index contributed by atoms with van der Waals surface area (Å²) < 4.78 is 10.8. The van der Waals surface area contributed by atoms with Crippen molar-refractivity contribution in [3.63, 3.8) is 0 Å². The molecule has 8 nitrogen and oxygen atoms in total. The number of hydrogen-bond acceptors (Lipinski definition) is 5. The Morgan fingerprint density at radius 1 is 1.06 bits per heavy atom. The number of ether oxygens (including phenoxy) is 1. The lowest BCUT2D eigenvalue weighted by Crippen LogP contribution is -2.46. The van der Waals surface area contributed by atoms with E-state index in [1.807, 2.05) is 38.1 Å². The maximum absolute atomic E-state index is 13.0. The third-order valence-corrected chi connectivity index (χ3v) is 5.40. The minimum absolute atomic E-state index is 0.178. The number of nitrogens with zero attached hydrogens (tertiary/aromatic N) is 1. The van der Waals surface area contributed by atoms with Crippen molar-refractivity contribution in [3.05, 3.63) is 89.4 Å². The highest BCUT2D eigenvalue weighted by molar-refractivity contribution is 6.02. The van der Waals surface area contributed by atoms with Gasteiger partial charge in [0, 0.05) is 12.2 Å². The van der Waals surface area contributed by atoms with Crippen molar-refractivity contribution in [2.75, 3.05) is 11.9 Å². The topological polar surface area (TPSA) is 101 Å². The van der Waals surface area contributed by atoms with Crippen LogP contribution in [0.3, 0.4) is 0 Å². The molecule has 1 saturated heterocycles. The van der Waals surface area contributed by atoms with Gasteiger partial charge >= 0.3 is 6.09 Å². The molecule has 4 rings (SSSR count). The van der Waals surface area contributed by atoms with E-state index < -0.39 is 24.1 Å². The highest BCUT2D eigenvalue weighted by Crippen LogP contribution is 2.35. The summed E-state index contributed by atoms with van der Waals surface area (Å²) in [6.45, 7) is 4.47. The van der Waals surface area contributed by atoms with Crippen molar-refractivity contribution in [2.24, 2.45) is 0 Å². The molecular formula is C25H25N3O5. The fourth-order valence-corrected chi connectivity index (χ4v) is 3.77. The zero-order chi connectivity index (χ0) is 23.4. The molecule has 3 aromatic rings. The number of carbonyl (C=O) groups excluding carboxylic acids is 3. The molecule has 2 N–H and O–H groups in total. The second-order valence-corrected chi connectivity index (χ2v) is 7.81. The number of rotatable bonds is 7. The normalized spacial score (nSPS) is 17.5. The molecule has 1 aromatic heterocycles. The fourth-order valence-electron chi connectivity index (χ4n) is 3.77. The number of nitrogens with one attached hydrogen (secondary N) is 2. The number of anilines is 1. The molecule has 0 aliphatic carbocycles. The molecule has 0 radical (unpaired) electrons. The lowest BCUT2D eigenvalue weighted by Gasteiger charge is -2.24. The Balaban J connectivity index is 1.60. The molecular weight excluding hydrogens is 422 g/mol. The monoisotopic (exact) mass is 447 g/mol. The van der Waals surface area contributed by atoms with E-state index in [0.717, 1.165) is 11.1 Å². The summed E-state index contributed by atoms with van der Waals surface area (Å²) >= 11 is 0. The van der Waals surface area contributed by atoms with Crippen molar-refractivity contribution in [1.29, 1.82) is 0 Å². The molecule has 0 saturated carbocycles. The summed E-state index contributed by atoms with van der Waals surface area (Å²) in [6.07, 6.45) is 0.0277. The van der Waals surface area contributed by atoms with E-state index in [1.54, 1.807) is 36.4 Å². The van der Waals surface area contributed by atoms with Crippen LogP contribution >= 0.6 is 0 Å². The zero-order valence-electron chi connectivity index (χ0n) is 18.4. The van der Waals surface area contributed by atoms with Crippen LogP contribution in [0.1, 0.15) is 40.3 Å². The Morgan fingerprint density at radius 2 is 1.85 bits per heavy atom. The number of furan rings is 1. The molecule has 0 bridgehead atoms. The van der Waals surface area contributed by atoms with Crippen molar-refractivity contribution in [1.82, 2.24) is 10.2 Å². The van der Waals surface area contributed by atoms with Crippen molar-refractivity contribution in [2.45, 2.75) is 32.5 Å². The largest absolute Gasteiger partial charge is 0.459 e. The van der Waals surface area contributed by atoms with Crippen LogP contribution in [0.2, 0.25) is 0 Å². The van der Waals surface area contributed by atoms with Crippen molar-refractivity contribution >= 4 is 23.6 Å². The first kappa shape index (κ1) is 22.1. The van der Waals surface area contributed by atoms with E-state index in [0.29, 0.717) is 17.8 Å². The highest BCUT2D eigenvalue weighted by atomic mass is 16.6. The maximum atomic E-state index is 13.0. The number of carbonyl (C=O) groups is 3. The van der Waals surface area contributed by atoms with E-state index in [1.165, 1.54) is 11.2 Å².